The molecule has 0 aromatic carbocycles. The van der Waals surface area contributed by atoms with E-state index in [2.05, 4.69) is 15.5 Å². The average Bonchev–Trinajstić information content (AvgIpc) is 2.66. The van der Waals surface area contributed by atoms with Crippen molar-refractivity contribution in [3.05, 3.63) is 5.01 Å². The maximum atomic E-state index is 12.2. The fourth-order valence-electron chi connectivity index (χ4n) is 1.00. The van der Waals surface area contributed by atoms with Gasteiger partial charge in [-0.2, -0.15) is 13.2 Å². The van der Waals surface area contributed by atoms with E-state index in [1.807, 2.05) is 6.92 Å². The lowest BCUT2D eigenvalue weighted by Crippen LogP contribution is -2.28. The summed E-state index contributed by atoms with van der Waals surface area (Å²) in [5.74, 6) is 0. The van der Waals surface area contributed by atoms with E-state index >= 15 is 0 Å². The SMILES string of the molecule is CCNCCN(C)c1nnc(C(F)(F)F)s1. The zero-order valence-corrected chi connectivity index (χ0v) is 9.82. The van der Waals surface area contributed by atoms with Gasteiger partial charge in [-0.1, -0.05) is 18.3 Å². The van der Waals surface area contributed by atoms with Crippen LogP contribution in [0.4, 0.5) is 18.3 Å². The molecule has 0 radical (unpaired) electrons. The third-order valence-corrected chi connectivity index (χ3v) is 2.94. The molecule has 0 atom stereocenters. The standard InChI is InChI=1S/C8H13F3N4S/c1-3-12-4-5-15(2)7-14-13-6(16-7)8(9,10)11/h12H,3-5H2,1-2H3. The van der Waals surface area contributed by atoms with Gasteiger partial charge in [-0.15, -0.1) is 10.2 Å². The Labute approximate surface area is 95.5 Å². The van der Waals surface area contributed by atoms with Gasteiger partial charge in [0.1, 0.15) is 0 Å². The van der Waals surface area contributed by atoms with Crippen molar-refractivity contribution in [2.75, 3.05) is 31.6 Å². The van der Waals surface area contributed by atoms with Crippen molar-refractivity contribution in [3.8, 4) is 0 Å². The molecule has 0 aliphatic rings. The Morgan fingerprint density at radius 3 is 2.56 bits per heavy atom. The zero-order valence-electron chi connectivity index (χ0n) is 9.01. The number of aromatic nitrogens is 2. The molecule has 0 saturated heterocycles. The van der Waals surface area contributed by atoms with Crippen LogP contribution in [0.25, 0.3) is 0 Å². The molecule has 0 saturated carbocycles. The fraction of sp³-hybridized carbons (Fsp3) is 0.750. The average molecular weight is 254 g/mol. The van der Waals surface area contributed by atoms with E-state index in [9.17, 15) is 13.2 Å². The molecule has 1 heterocycles. The first kappa shape index (κ1) is 13.2. The molecule has 8 heteroatoms. The van der Waals surface area contributed by atoms with E-state index in [1.165, 1.54) is 0 Å². The molecule has 1 N–H and O–H groups in total. The lowest BCUT2D eigenvalue weighted by molar-refractivity contribution is -0.138. The summed E-state index contributed by atoms with van der Waals surface area (Å²) in [6.07, 6.45) is -4.40. The van der Waals surface area contributed by atoms with Crippen molar-refractivity contribution < 1.29 is 13.2 Å². The first-order valence-corrected chi connectivity index (χ1v) is 5.59. The molecule has 0 bridgehead atoms. The van der Waals surface area contributed by atoms with E-state index in [1.54, 1.807) is 11.9 Å². The van der Waals surface area contributed by atoms with Crippen LogP contribution in [0.3, 0.4) is 0 Å². The van der Waals surface area contributed by atoms with Crippen molar-refractivity contribution in [1.29, 1.82) is 0 Å². The summed E-state index contributed by atoms with van der Waals surface area (Å²) < 4.78 is 36.7. The van der Waals surface area contributed by atoms with Gasteiger partial charge in [0, 0.05) is 20.1 Å². The van der Waals surface area contributed by atoms with Gasteiger partial charge in [0.05, 0.1) is 0 Å². The number of nitrogens with zero attached hydrogens (tertiary/aromatic N) is 3. The Morgan fingerprint density at radius 2 is 2.06 bits per heavy atom. The van der Waals surface area contributed by atoms with Crippen molar-refractivity contribution in [3.63, 3.8) is 0 Å². The Balaban J connectivity index is 2.56. The van der Waals surface area contributed by atoms with Gasteiger partial charge >= 0.3 is 6.18 Å². The second-order valence-electron chi connectivity index (χ2n) is 3.16. The molecular formula is C8H13F3N4S. The van der Waals surface area contributed by atoms with Crippen LogP contribution in [0.15, 0.2) is 0 Å². The predicted octanol–water partition coefficient (Wildman–Crippen LogP) is 1.60. The molecule has 4 nitrogen and oxygen atoms in total. The lowest BCUT2D eigenvalue weighted by Gasteiger charge is -2.14. The number of anilines is 1. The molecule has 1 aromatic heterocycles. The summed E-state index contributed by atoms with van der Waals surface area (Å²) in [4.78, 5) is 1.65. The van der Waals surface area contributed by atoms with Crippen LogP contribution in [0.2, 0.25) is 0 Å². The van der Waals surface area contributed by atoms with Gasteiger partial charge < -0.3 is 10.2 Å². The third kappa shape index (κ3) is 3.60. The monoisotopic (exact) mass is 254 g/mol. The van der Waals surface area contributed by atoms with Crippen LogP contribution >= 0.6 is 11.3 Å². The molecule has 0 amide bonds. The minimum atomic E-state index is -4.40. The Morgan fingerprint density at radius 1 is 1.38 bits per heavy atom. The Kier molecular flexibility index (Phi) is 4.48. The van der Waals surface area contributed by atoms with Crippen LogP contribution in [0.1, 0.15) is 11.9 Å². The molecular weight excluding hydrogens is 241 g/mol. The minimum Gasteiger partial charge on any atom is -0.348 e. The van der Waals surface area contributed by atoms with E-state index in [0.29, 0.717) is 24.4 Å². The van der Waals surface area contributed by atoms with Crippen molar-refractivity contribution >= 4 is 16.5 Å². The molecule has 0 spiro atoms. The Hall–Kier alpha value is -0.890. The van der Waals surface area contributed by atoms with Crippen LogP contribution in [0.5, 0.6) is 0 Å². The highest BCUT2D eigenvalue weighted by Crippen LogP contribution is 2.33. The molecule has 1 aromatic rings. The first-order valence-electron chi connectivity index (χ1n) is 4.77. The van der Waals surface area contributed by atoms with Crippen molar-refractivity contribution in [2.45, 2.75) is 13.1 Å². The highest BCUT2D eigenvalue weighted by molar-refractivity contribution is 7.15. The van der Waals surface area contributed by atoms with Crippen LogP contribution < -0.4 is 10.2 Å². The van der Waals surface area contributed by atoms with E-state index < -0.39 is 11.2 Å². The summed E-state index contributed by atoms with van der Waals surface area (Å²) in [7, 11) is 1.69. The molecule has 92 valence electrons. The molecule has 0 fully saturated rings. The molecule has 0 aliphatic heterocycles. The highest BCUT2D eigenvalue weighted by atomic mass is 32.1. The number of hydrogen-bond donors (Lipinski definition) is 1. The van der Waals surface area contributed by atoms with Crippen LogP contribution in [-0.2, 0) is 6.18 Å². The van der Waals surface area contributed by atoms with Gasteiger partial charge in [0.15, 0.2) is 0 Å². The van der Waals surface area contributed by atoms with Gasteiger partial charge in [-0.05, 0) is 6.54 Å². The van der Waals surface area contributed by atoms with Gasteiger partial charge in [0.25, 0.3) is 0 Å². The summed E-state index contributed by atoms with van der Waals surface area (Å²) in [5.41, 5.74) is 0. The highest BCUT2D eigenvalue weighted by Gasteiger charge is 2.35. The maximum Gasteiger partial charge on any atom is 0.445 e. The molecule has 0 unspecified atom stereocenters. The zero-order chi connectivity index (χ0) is 12.2. The number of rotatable bonds is 5. The fourth-order valence-corrected chi connectivity index (χ4v) is 1.70. The number of nitrogens with one attached hydrogen (secondary N) is 1. The number of alkyl halides is 3. The normalized spacial score (nSPS) is 11.8. The predicted molar refractivity (Wildman–Crippen MR) is 56.7 cm³/mol. The smallest absolute Gasteiger partial charge is 0.348 e. The summed E-state index contributed by atoms with van der Waals surface area (Å²) in [6, 6.07) is 0. The number of halogens is 3. The lowest BCUT2D eigenvalue weighted by atomic mass is 10.5. The quantitative estimate of drug-likeness (QED) is 0.810. The van der Waals surface area contributed by atoms with Gasteiger partial charge in [-0.25, -0.2) is 0 Å². The van der Waals surface area contributed by atoms with Crippen LogP contribution in [0, 0.1) is 0 Å². The number of hydrogen-bond acceptors (Lipinski definition) is 5. The first-order chi connectivity index (χ1) is 7.45. The van der Waals surface area contributed by atoms with Crippen molar-refractivity contribution in [1.82, 2.24) is 15.5 Å². The summed E-state index contributed by atoms with van der Waals surface area (Å²) in [5, 5.41) is 9.08. The second-order valence-corrected chi connectivity index (χ2v) is 4.12. The molecule has 16 heavy (non-hydrogen) atoms. The summed E-state index contributed by atoms with van der Waals surface area (Å²) in [6.45, 7) is 4.10. The topological polar surface area (TPSA) is 41.0 Å². The van der Waals surface area contributed by atoms with Gasteiger partial charge in [0.2, 0.25) is 10.1 Å². The van der Waals surface area contributed by atoms with Crippen LogP contribution in [-0.4, -0.2) is 36.9 Å². The minimum absolute atomic E-state index is 0.283. The van der Waals surface area contributed by atoms with E-state index in [0.717, 1.165) is 6.54 Å². The largest absolute Gasteiger partial charge is 0.445 e. The van der Waals surface area contributed by atoms with E-state index in [-0.39, 0.29) is 5.13 Å². The third-order valence-electron chi connectivity index (χ3n) is 1.86. The summed E-state index contributed by atoms with van der Waals surface area (Å²) >= 11 is 0.557. The van der Waals surface area contributed by atoms with E-state index in [4.69, 9.17) is 0 Å². The maximum absolute atomic E-state index is 12.2. The van der Waals surface area contributed by atoms with Gasteiger partial charge in [-0.3, -0.25) is 0 Å². The van der Waals surface area contributed by atoms with Crippen molar-refractivity contribution in [2.24, 2.45) is 0 Å². The molecule has 0 aliphatic carbocycles. The number of likely N-dealkylation sites (N-methyl/N-ethyl adjacent to an activating group) is 2. The molecule has 1 rings (SSSR count). The Bertz CT molecular complexity index is 325. The second kappa shape index (κ2) is 5.44.